The van der Waals surface area contributed by atoms with Crippen LogP contribution in [0, 0.1) is 93.5 Å². The normalized spacial score (nSPS) is 13.6. The molecule has 0 radical (unpaired) electrons. The molecule has 0 amide bonds. The number of hydrogen-bond acceptors (Lipinski definition) is 4. The molecule has 130 heavy (non-hydrogen) atoms. The number of halogens is 1. The van der Waals surface area contributed by atoms with Gasteiger partial charge in [0.1, 0.15) is 17.3 Å². The van der Waals surface area contributed by atoms with Crippen molar-refractivity contribution in [1.29, 1.82) is 0 Å². The van der Waals surface area contributed by atoms with Crippen LogP contribution in [0.3, 0.4) is 0 Å². The summed E-state index contributed by atoms with van der Waals surface area (Å²) in [7, 11) is 0. The summed E-state index contributed by atoms with van der Waals surface area (Å²) in [5.74, 6) is 3.74. The summed E-state index contributed by atoms with van der Waals surface area (Å²) in [6, 6.07) is 56.2. The molecule has 0 bridgehead atoms. The van der Waals surface area contributed by atoms with Crippen molar-refractivity contribution in [2.45, 2.75) is 453 Å². The molecule has 740 valence electrons. The van der Waals surface area contributed by atoms with Crippen LogP contribution in [0.25, 0.3) is 0 Å². The molecule has 0 aliphatic heterocycles. The molecule has 4 nitrogen and oxygen atoms in total. The van der Waals surface area contributed by atoms with Crippen molar-refractivity contribution in [1.82, 2.24) is 16.0 Å². The van der Waals surface area contributed by atoms with E-state index in [1.54, 1.807) is 6.07 Å². The Bertz CT molecular complexity index is 3990. The summed E-state index contributed by atoms with van der Waals surface area (Å²) in [6.07, 6.45) is 21.5. The molecule has 6 aromatic carbocycles. The zero-order chi connectivity index (χ0) is 100. The van der Waals surface area contributed by atoms with Crippen molar-refractivity contribution in [3.05, 3.63) is 236 Å². The first-order valence-electron chi connectivity index (χ1n) is 51.2. The lowest BCUT2D eigenvalue weighted by molar-refractivity contribution is 0.243. The number of aryl methyl sites for hydroxylation is 3. The molecular formula is C125H212FN3O. The second-order valence-corrected chi connectivity index (χ2v) is 56.2. The number of rotatable bonds is 29. The van der Waals surface area contributed by atoms with Gasteiger partial charge in [-0.1, -0.05) is 445 Å². The fourth-order valence-electron chi connectivity index (χ4n) is 15.0. The van der Waals surface area contributed by atoms with Gasteiger partial charge in [0, 0.05) is 51.6 Å². The summed E-state index contributed by atoms with van der Waals surface area (Å²) >= 11 is 0. The van der Waals surface area contributed by atoms with Crippen molar-refractivity contribution in [3.8, 4) is 0 Å². The lowest BCUT2D eigenvalue weighted by Crippen LogP contribution is -2.37. The van der Waals surface area contributed by atoms with Crippen LogP contribution in [0.1, 0.15) is 435 Å². The van der Waals surface area contributed by atoms with Gasteiger partial charge in [0.15, 0.2) is 0 Å². The maximum atomic E-state index is 14.0. The molecule has 0 saturated heterocycles. The lowest BCUT2D eigenvalue weighted by Gasteiger charge is -2.28. The van der Waals surface area contributed by atoms with Gasteiger partial charge in [0.2, 0.25) is 0 Å². The molecule has 7 aromatic rings. The molecule has 7 rings (SSSR count). The van der Waals surface area contributed by atoms with Gasteiger partial charge >= 0.3 is 0 Å². The van der Waals surface area contributed by atoms with Crippen LogP contribution in [-0.2, 0) is 90.3 Å². The van der Waals surface area contributed by atoms with Gasteiger partial charge < -0.3 is 20.4 Å². The smallest absolute Gasteiger partial charge is 0.126 e. The van der Waals surface area contributed by atoms with Crippen LogP contribution in [0.4, 0.5) is 4.39 Å². The first-order valence-corrected chi connectivity index (χ1v) is 51.2. The van der Waals surface area contributed by atoms with E-state index in [9.17, 15) is 4.39 Å². The molecule has 0 spiro atoms. The third-order valence-electron chi connectivity index (χ3n) is 23.4. The van der Waals surface area contributed by atoms with Crippen molar-refractivity contribution in [2.24, 2.45) is 87.6 Å². The van der Waals surface area contributed by atoms with E-state index in [0.29, 0.717) is 71.0 Å². The van der Waals surface area contributed by atoms with E-state index in [1.165, 1.54) is 120 Å². The number of furan rings is 1. The Morgan fingerprint density at radius 2 is 0.500 bits per heavy atom. The summed E-state index contributed by atoms with van der Waals surface area (Å²) in [5, 5.41) is 10.5. The maximum Gasteiger partial charge on any atom is 0.126 e. The molecule has 0 aliphatic carbocycles. The molecule has 1 heterocycles. The van der Waals surface area contributed by atoms with Crippen LogP contribution in [0.15, 0.2) is 156 Å². The van der Waals surface area contributed by atoms with Crippen molar-refractivity contribution >= 4 is 0 Å². The number of benzene rings is 6. The highest BCUT2D eigenvalue weighted by molar-refractivity contribution is 5.29. The minimum atomic E-state index is -0.0787. The zero-order valence-corrected chi connectivity index (χ0v) is 94.2. The molecule has 5 heteroatoms. The number of nitrogens with one attached hydrogen (secondary N) is 3. The van der Waals surface area contributed by atoms with Crippen molar-refractivity contribution in [2.75, 3.05) is 13.1 Å². The van der Waals surface area contributed by atoms with Gasteiger partial charge in [-0.3, -0.25) is 0 Å². The summed E-state index contributed by atoms with van der Waals surface area (Å²) in [4.78, 5) is 0. The van der Waals surface area contributed by atoms with Crippen LogP contribution >= 0.6 is 0 Å². The quantitative estimate of drug-likeness (QED) is 0.0409. The van der Waals surface area contributed by atoms with E-state index in [2.05, 4.69) is 461 Å². The maximum absolute atomic E-state index is 14.0. The fraction of sp³-hybridized carbons (Fsp3) is 0.680. The standard InChI is InChI=1S/2C20H34.C19H32.C18H31N.C17H28FN.C17H29N.C14H24O/c2*1-16(20(5,6)7)9-8-10-17-11-13-18(14-12-17)15-19(2,3)4;1-18(2,3)14-8-7-9-16-10-12-17(13-11-16)15-19(4,5)6;1-14(18(5,6)7)19-13-16-10-8-15(9-11-16)12-17(2,3)4;1-16(2,3)10-14-8-7-13(9-15(14)18)11-19-12-17(4,5)6;1-16(2,3)11-14-7-9-15(10-8-14)12-18-13-17(4,5)6;1-13(2,3)9-11-7-8-12(15-11)10-14(4,5)6/h2*11-14,16H,8-10,15H2,1-7H3;10-13H,7-9,14-15H2,1-6H3;8-11,14,19H,12-13H2,1-7H3;7-9,19H,10-12H2,1-6H3;7-10,18H,11-13H2,1-6H3;7-8H,9-10H2,1-6H3/t16-;;;14-;;;/m0..1.../s1. The van der Waals surface area contributed by atoms with E-state index in [4.69, 9.17) is 4.42 Å². The molecule has 0 fully saturated rings. The Kier molecular flexibility index (Phi) is 51.2. The lowest BCUT2D eigenvalue weighted by atomic mass is 9.79. The Morgan fingerprint density at radius 1 is 0.246 bits per heavy atom. The molecule has 3 atom stereocenters. The monoisotopic (exact) mass is 1790 g/mol. The highest BCUT2D eigenvalue weighted by Gasteiger charge is 2.25. The molecule has 3 N–H and O–H groups in total. The first-order chi connectivity index (χ1) is 58.8. The molecular weight excluding hydrogens is 1580 g/mol. The second kappa shape index (κ2) is 54.4. The van der Waals surface area contributed by atoms with E-state index >= 15 is 0 Å². The molecule has 1 aromatic heterocycles. The molecule has 0 aliphatic rings. The van der Waals surface area contributed by atoms with E-state index < -0.39 is 0 Å². The highest BCUT2D eigenvalue weighted by atomic mass is 19.1. The predicted octanol–water partition coefficient (Wildman–Crippen LogP) is 36.8. The largest absolute Gasteiger partial charge is 0.466 e. The van der Waals surface area contributed by atoms with Crippen molar-refractivity contribution < 1.29 is 8.81 Å². The van der Waals surface area contributed by atoms with E-state index in [0.717, 1.165) is 119 Å². The highest BCUT2D eigenvalue weighted by Crippen LogP contribution is 2.35. The average Bonchev–Trinajstić information content (AvgIpc) is 1.66. The van der Waals surface area contributed by atoms with Gasteiger partial charge in [0.25, 0.3) is 0 Å². The number of hydrogen-bond donors (Lipinski definition) is 3. The fourth-order valence-corrected chi connectivity index (χ4v) is 15.0. The third kappa shape index (κ3) is 67.6. The minimum Gasteiger partial charge on any atom is -0.466 e. The Balaban J connectivity index is 0.000000759. The van der Waals surface area contributed by atoms with Crippen LogP contribution in [-0.4, -0.2) is 19.1 Å². The summed E-state index contributed by atoms with van der Waals surface area (Å²) in [5.41, 5.74) is 21.2. The topological polar surface area (TPSA) is 49.2 Å². The predicted molar refractivity (Wildman–Crippen MR) is 581 cm³/mol. The van der Waals surface area contributed by atoms with Gasteiger partial charge in [-0.05, 0) is 276 Å². The van der Waals surface area contributed by atoms with Gasteiger partial charge in [-0.15, -0.1) is 0 Å². The van der Waals surface area contributed by atoms with Gasteiger partial charge in [0.05, 0.1) is 0 Å². The van der Waals surface area contributed by atoms with Crippen LogP contribution in [0.5, 0.6) is 0 Å². The third-order valence-corrected chi connectivity index (χ3v) is 23.4. The Hall–Kier alpha value is -5.59. The average molecular weight is 1790 g/mol. The molecule has 1 unspecified atom stereocenters. The van der Waals surface area contributed by atoms with Gasteiger partial charge in [-0.2, -0.15) is 0 Å². The number of unbranched alkanes of at least 4 members (excludes halogenated alkanes) is 1. The Morgan fingerprint density at radius 3 is 0.754 bits per heavy atom. The minimum absolute atomic E-state index is 0.0787. The van der Waals surface area contributed by atoms with Crippen LogP contribution < -0.4 is 16.0 Å². The Labute approximate surface area is 808 Å². The second-order valence-electron chi connectivity index (χ2n) is 56.2. The first kappa shape index (κ1) is 122. The van der Waals surface area contributed by atoms with Crippen molar-refractivity contribution in [3.63, 3.8) is 0 Å². The zero-order valence-electron chi connectivity index (χ0n) is 94.2. The van der Waals surface area contributed by atoms with Gasteiger partial charge in [-0.25, -0.2) is 4.39 Å². The van der Waals surface area contributed by atoms with E-state index in [1.807, 2.05) is 12.1 Å². The summed E-state index contributed by atoms with van der Waals surface area (Å²) in [6.45, 7) is 107. The summed E-state index contributed by atoms with van der Waals surface area (Å²) < 4.78 is 19.8. The van der Waals surface area contributed by atoms with Crippen LogP contribution in [0.2, 0.25) is 0 Å². The SMILES string of the molecule is CC(C)(C)CCCCc1ccc(CC(C)(C)C)cc1.CC(C)(C)CNCc1ccc(CC(C)(C)C)c(F)c1.CC(C)(C)CNCc1ccc(CC(C)(C)C)cc1.CC(C)(C)Cc1ccc(CC(C)(C)C)o1.CC(CCCc1ccc(CC(C)(C)C)cc1)C(C)(C)C.C[C@@H](CCCc1ccc(CC(C)(C)C)cc1)C(C)(C)C.C[C@@H](NCc1ccc(CC(C)(C)C)cc1)C(C)(C)C. The van der Waals surface area contributed by atoms with E-state index in [-0.39, 0.29) is 16.6 Å². The molecule has 0 saturated carbocycles.